The molecule has 98 valence electrons. The summed E-state index contributed by atoms with van der Waals surface area (Å²) in [6, 6.07) is 6.71. The van der Waals surface area contributed by atoms with E-state index < -0.39 is 16.8 Å². The van der Waals surface area contributed by atoms with E-state index in [4.69, 9.17) is 9.84 Å². The number of hydrogen-bond donors (Lipinski definition) is 1. The summed E-state index contributed by atoms with van der Waals surface area (Å²) < 4.78 is 17.4. The Balaban J connectivity index is 2.00. The van der Waals surface area contributed by atoms with Gasteiger partial charge < -0.3 is 9.84 Å². The van der Waals surface area contributed by atoms with Gasteiger partial charge in [0.15, 0.2) is 0 Å². The summed E-state index contributed by atoms with van der Waals surface area (Å²) in [5.41, 5.74) is 0.861. The first kappa shape index (κ1) is 13.2. The molecule has 0 bridgehead atoms. The molecule has 1 heterocycles. The van der Waals surface area contributed by atoms with Gasteiger partial charge in [-0.15, -0.1) is 0 Å². The highest BCUT2D eigenvalue weighted by Crippen LogP contribution is 2.16. The number of carboxylic acid groups (broad SMARTS) is 1. The molecule has 18 heavy (non-hydrogen) atoms. The van der Waals surface area contributed by atoms with Gasteiger partial charge in [0.1, 0.15) is 0 Å². The lowest BCUT2D eigenvalue weighted by molar-refractivity contribution is 0.0696. The minimum absolute atomic E-state index is 0.0721. The first-order valence-corrected chi connectivity index (χ1v) is 7.43. The van der Waals surface area contributed by atoms with Crippen LogP contribution in [0.3, 0.4) is 0 Å². The maximum atomic E-state index is 12.0. The molecular weight excluding hydrogens is 252 g/mol. The molecule has 1 N–H and O–H groups in total. The van der Waals surface area contributed by atoms with Crippen LogP contribution in [0.2, 0.25) is 0 Å². The Morgan fingerprint density at radius 2 is 2.22 bits per heavy atom. The summed E-state index contributed by atoms with van der Waals surface area (Å²) in [7, 11) is -1.08. The molecule has 1 saturated heterocycles. The molecule has 0 aliphatic carbocycles. The second-order valence-corrected chi connectivity index (χ2v) is 5.85. The lowest BCUT2D eigenvalue weighted by Gasteiger charge is -2.10. The van der Waals surface area contributed by atoms with Crippen molar-refractivity contribution in [1.82, 2.24) is 0 Å². The number of hydrogen-bond acceptors (Lipinski definition) is 3. The summed E-state index contributed by atoms with van der Waals surface area (Å²) in [5.74, 6) is -0.198. The van der Waals surface area contributed by atoms with Crippen LogP contribution in [0.1, 0.15) is 28.8 Å². The van der Waals surface area contributed by atoms with Crippen molar-refractivity contribution >= 4 is 16.8 Å². The zero-order valence-corrected chi connectivity index (χ0v) is 10.8. The second-order valence-electron chi connectivity index (χ2n) is 4.35. The normalized spacial score (nSPS) is 20.8. The molecule has 0 radical (unpaired) electrons. The quantitative estimate of drug-likeness (QED) is 0.884. The number of ether oxygens (including phenoxy) is 1. The van der Waals surface area contributed by atoms with Gasteiger partial charge in [-0.05, 0) is 24.5 Å². The summed E-state index contributed by atoms with van der Waals surface area (Å²) in [6.07, 6.45) is 2.04. The largest absolute Gasteiger partial charge is 0.478 e. The fourth-order valence-electron chi connectivity index (χ4n) is 2.07. The Morgan fingerprint density at radius 1 is 1.44 bits per heavy atom. The van der Waals surface area contributed by atoms with E-state index in [1.165, 1.54) is 0 Å². The molecule has 1 aliphatic rings. The van der Waals surface area contributed by atoms with E-state index in [1.807, 2.05) is 0 Å². The number of aromatic carboxylic acids is 1. The number of benzene rings is 1. The van der Waals surface area contributed by atoms with Crippen molar-refractivity contribution in [2.24, 2.45) is 0 Å². The standard InChI is InChI=1S/C13H16O4S/c14-13(15)12-6-2-1-4-10(12)8-18(16)9-11-5-3-7-17-11/h1-2,4,6,11H,3,5,7-9H2,(H,14,15). The summed E-state index contributed by atoms with van der Waals surface area (Å²) in [5, 5.41) is 9.04. The van der Waals surface area contributed by atoms with E-state index in [0.29, 0.717) is 11.3 Å². The molecular formula is C13H16O4S. The van der Waals surface area contributed by atoms with E-state index >= 15 is 0 Å². The van der Waals surface area contributed by atoms with Gasteiger partial charge in [-0.2, -0.15) is 0 Å². The average Bonchev–Trinajstić information content (AvgIpc) is 2.82. The maximum Gasteiger partial charge on any atom is 0.335 e. The Kier molecular flexibility index (Phi) is 4.49. The molecule has 1 aromatic carbocycles. The van der Waals surface area contributed by atoms with Gasteiger partial charge >= 0.3 is 5.97 Å². The van der Waals surface area contributed by atoms with Gasteiger partial charge in [-0.25, -0.2) is 4.79 Å². The number of carbonyl (C=O) groups is 1. The van der Waals surface area contributed by atoms with Gasteiger partial charge in [-0.3, -0.25) is 4.21 Å². The van der Waals surface area contributed by atoms with Crippen LogP contribution < -0.4 is 0 Å². The van der Waals surface area contributed by atoms with E-state index in [2.05, 4.69) is 0 Å². The number of carboxylic acids is 1. The smallest absolute Gasteiger partial charge is 0.335 e. The lowest BCUT2D eigenvalue weighted by atomic mass is 10.1. The number of rotatable bonds is 5. The van der Waals surface area contributed by atoms with Crippen LogP contribution in [0, 0.1) is 0 Å². The SMILES string of the molecule is O=C(O)c1ccccc1CS(=O)CC1CCCO1. The zero-order chi connectivity index (χ0) is 13.0. The molecule has 2 unspecified atom stereocenters. The summed E-state index contributed by atoms with van der Waals surface area (Å²) in [4.78, 5) is 11.0. The third-order valence-electron chi connectivity index (χ3n) is 2.96. The van der Waals surface area contributed by atoms with Crippen LogP contribution in [0.5, 0.6) is 0 Å². The Morgan fingerprint density at radius 3 is 2.89 bits per heavy atom. The van der Waals surface area contributed by atoms with Crippen molar-refractivity contribution in [3.63, 3.8) is 0 Å². The van der Waals surface area contributed by atoms with Gasteiger partial charge in [0.2, 0.25) is 0 Å². The molecule has 4 nitrogen and oxygen atoms in total. The van der Waals surface area contributed by atoms with E-state index in [9.17, 15) is 9.00 Å². The predicted molar refractivity (Wildman–Crippen MR) is 69.1 cm³/mol. The first-order chi connectivity index (χ1) is 8.66. The minimum Gasteiger partial charge on any atom is -0.478 e. The first-order valence-electron chi connectivity index (χ1n) is 5.94. The third-order valence-corrected chi connectivity index (χ3v) is 4.34. The van der Waals surface area contributed by atoms with E-state index in [0.717, 1.165) is 19.4 Å². The summed E-state index contributed by atoms with van der Waals surface area (Å²) in [6.45, 7) is 0.744. The molecule has 0 aromatic heterocycles. The molecule has 2 rings (SSSR count). The monoisotopic (exact) mass is 268 g/mol. The van der Waals surface area contributed by atoms with Gasteiger partial charge in [0.05, 0.1) is 17.4 Å². The van der Waals surface area contributed by atoms with Crippen molar-refractivity contribution < 1.29 is 18.8 Å². The predicted octanol–water partition coefficient (Wildman–Crippen LogP) is 1.81. The summed E-state index contributed by atoms with van der Waals surface area (Å²) >= 11 is 0. The molecule has 1 aliphatic heterocycles. The van der Waals surface area contributed by atoms with Crippen LogP contribution in [0.4, 0.5) is 0 Å². The zero-order valence-electron chi connectivity index (χ0n) is 10.0. The van der Waals surface area contributed by atoms with Gasteiger partial charge in [-0.1, -0.05) is 18.2 Å². The Bertz CT molecular complexity index is 452. The third kappa shape index (κ3) is 3.40. The van der Waals surface area contributed by atoms with Crippen molar-refractivity contribution in [2.45, 2.75) is 24.7 Å². The highest BCUT2D eigenvalue weighted by Gasteiger charge is 2.19. The van der Waals surface area contributed by atoms with Crippen molar-refractivity contribution in [3.05, 3.63) is 35.4 Å². The molecule has 5 heteroatoms. The Hall–Kier alpha value is -1.20. The van der Waals surface area contributed by atoms with E-state index in [1.54, 1.807) is 24.3 Å². The molecule has 0 spiro atoms. The van der Waals surface area contributed by atoms with Crippen molar-refractivity contribution in [3.8, 4) is 0 Å². The fraction of sp³-hybridized carbons (Fsp3) is 0.462. The van der Waals surface area contributed by atoms with E-state index in [-0.39, 0.29) is 17.4 Å². The molecule has 2 atom stereocenters. The fourth-order valence-corrected chi connectivity index (χ4v) is 3.46. The van der Waals surface area contributed by atoms with Crippen molar-refractivity contribution in [2.75, 3.05) is 12.4 Å². The van der Waals surface area contributed by atoms with Gasteiger partial charge in [0, 0.05) is 23.2 Å². The Labute approximate surface area is 108 Å². The van der Waals surface area contributed by atoms with Gasteiger partial charge in [0.25, 0.3) is 0 Å². The van der Waals surface area contributed by atoms with Crippen LogP contribution in [0.25, 0.3) is 0 Å². The lowest BCUT2D eigenvalue weighted by Crippen LogP contribution is -2.17. The maximum absolute atomic E-state index is 12.0. The second kappa shape index (κ2) is 6.11. The van der Waals surface area contributed by atoms with Crippen LogP contribution in [0.15, 0.2) is 24.3 Å². The highest BCUT2D eigenvalue weighted by atomic mass is 32.2. The van der Waals surface area contributed by atoms with Crippen LogP contribution in [-0.2, 0) is 21.3 Å². The average molecular weight is 268 g/mol. The molecule has 1 aromatic rings. The molecule has 0 amide bonds. The molecule has 1 fully saturated rings. The van der Waals surface area contributed by atoms with Crippen LogP contribution >= 0.6 is 0 Å². The molecule has 0 saturated carbocycles. The van der Waals surface area contributed by atoms with Crippen LogP contribution in [-0.4, -0.2) is 33.7 Å². The highest BCUT2D eigenvalue weighted by molar-refractivity contribution is 7.84. The van der Waals surface area contributed by atoms with Crippen molar-refractivity contribution in [1.29, 1.82) is 0 Å². The topological polar surface area (TPSA) is 63.6 Å². The minimum atomic E-state index is -1.08.